The molecule has 0 spiro atoms. The molecule has 7 nitrogen and oxygen atoms in total. The zero-order valence-corrected chi connectivity index (χ0v) is 16.0. The van der Waals surface area contributed by atoms with Crippen LogP contribution in [0.3, 0.4) is 0 Å². The van der Waals surface area contributed by atoms with Crippen LogP contribution in [0, 0.1) is 0 Å². The van der Waals surface area contributed by atoms with Crippen LogP contribution in [0.5, 0.6) is 0 Å². The molecule has 7 heteroatoms. The first-order valence-electron chi connectivity index (χ1n) is 9.97. The molecule has 1 fully saturated rings. The third kappa shape index (κ3) is 3.51. The van der Waals surface area contributed by atoms with Gasteiger partial charge in [0.2, 0.25) is 0 Å². The van der Waals surface area contributed by atoms with Crippen LogP contribution in [-0.2, 0) is 0 Å². The number of carbonyl (C=O) groups is 1. The van der Waals surface area contributed by atoms with Crippen LogP contribution in [0.1, 0.15) is 42.2 Å². The minimum atomic E-state index is -0.115. The number of pyridine rings is 2. The van der Waals surface area contributed by atoms with Crippen molar-refractivity contribution in [1.29, 1.82) is 0 Å². The van der Waals surface area contributed by atoms with Crippen molar-refractivity contribution in [2.75, 3.05) is 0 Å². The number of aromatic amines is 1. The van der Waals surface area contributed by atoms with Gasteiger partial charge in [-0.1, -0.05) is 6.07 Å². The van der Waals surface area contributed by atoms with Gasteiger partial charge in [0.05, 0.1) is 5.69 Å². The van der Waals surface area contributed by atoms with Crippen molar-refractivity contribution in [3.8, 4) is 22.8 Å². The molecule has 5 rings (SSSR count). The van der Waals surface area contributed by atoms with Crippen LogP contribution in [-0.4, -0.2) is 36.7 Å². The molecular weight excluding hydrogens is 364 g/mol. The van der Waals surface area contributed by atoms with Crippen molar-refractivity contribution in [3.63, 3.8) is 0 Å². The number of amides is 1. The summed E-state index contributed by atoms with van der Waals surface area (Å²) in [6.07, 6.45) is 9.61. The minimum Gasteiger partial charge on any atom is -0.348 e. The van der Waals surface area contributed by atoms with Gasteiger partial charge in [0.15, 0.2) is 0 Å². The number of fused-ring (bicyclic) bond motifs is 1. The molecule has 1 saturated carbocycles. The number of rotatable bonds is 4. The molecule has 2 N–H and O–H groups in total. The lowest BCUT2D eigenvalue weighted by molar-refractivity contribution is 0.0917. The van der Waals surface area contributed by atoms with Crippen LogP contribution in [0.25, 0.3) is 22.8 Å². The zero-order valence-electron chi connectivity index (χ0n) is 16.0. The molecule has 29 heavy (non-hydrogen) atoms. The maximum Gasteiger partial charge on any atom is 0.269 e. The number of nitrogens with one attached hydrogen (secondary N) is 2. The van der Waals surface area contributed by atoms with Crippen molar-refractivity contribution in [2.24, 2.45) is 0 Å². The van der Waals surface area contributed by atoms with Gasteiger partial charge in [0.25, 0.3) is 5.91 Å². The van der Waals surface area contributed by atoms with E-state index in [9.17, 15) is 4.79 Å². The van der Waals surface area contributed by atoms with Gasteiger partial charge in [-0.05, 0) is 62.1 Å². The average Bonchev–Trinajstić information content (AvgIpc) is 3.45. The molecule has 0 atom stereocenters. The van der Waals surface area contributed by atoms with Crippen molar-refractivity contribution in [1.82, 2.24) is 30.0 Å². The summed E-state index contributed by atoms with van der Waals surface area (Å²) >= 11 is 0. The van der Waals surface area contributed by atoms with E-state index in [1.807, 2.05) is 30.5 Å². The highest BCUT2D eigenvalue weighted by Crippen LogP contribution is 2.32. The summed E-state index contributed by atoms with van der Waals surface area (Å²) in [5, 5.41) is 10.2. The Kier molecular flexibility index (Phi) is 4.56. The van der Waals surface area contributed by atoms with E-state index in [4.69, 9.17) is 0 Å². The minimum absolute atomic E-state index is 0.115. The predicted octanol–water partition coefficient (Wildman–Crippen LogP) is 3.69. The van der Waals surface area contributed by atoms with Crippen LogP contribution in [0.15, 0.2) is 61.1 Å². The Bertz CT molecular complexity index is 1080. The van der Waals surface area contributed by atoms with E-state index in [0.717, 1.165) is 37.2 Å². The summed E-state index contributed by atoms with van der Waals surface area (Å²) in [7, 11) is 0. The van der Waals surface area contributed by atoms with Crippen LogP contribution < -0.4 is 5.32 Å². The molecule has 2 aromatic heterocycles. The second-order valence-corrected chi connectivity index (χ2v) is 7.50. The average molecular weight is 386 g/mol. The molecule has 0 aromatic carbocycles. The van der Waals surface area contributed by atoms with Crippen molar-refractivity contribution >= 4 is 5.91 Å². The first-order valence-corrected chi connectivity index (χ1v) is 9.97. The SMILES string of the molecule is O=C(NC1CCC(n2cccc3ccnc2-3)CC1)c1cc(-c2ccccn2)n[nH]1. The normalized spacial score (nSPS) is 19.3. The largest absolute Gasteiger partial charge is 0.348 e. The number of H-pyrrole nitrogens is 1. The Morgan fingerprint density at radius 2 is 1.90 bits per heavy atom. The van der Waals surface area contributed by atoms with Gasteiger partial charge >= 0.3 is 0 Å². The molecule has 0 radical (unpaired) electrons. The second-order valence-electron chi connectivity index (χ2n) is 7.50. The quantitative estimate of drug-likeness (QED) is 0.560. The van der Waals surface area contributed by atoms with E-state index >= 15 is 0 Å². The first kappa shape index (κ1) is 17.6. The Labute approximate surface area is 168 Å². The van der Waals surface area contributed by atoms with Crippen LogP contribution in [0.2, 0.25) is 0 Å². The lowest BCUT2D eigenvalue weighted by Crippen LogP contribution is -2.38. The molecule has 4 heterocycles. The number of aromatic nitrogens is 5. The summed E-state index contributed by atoms with van der Waals surface area (Å²) < 4.78 is 2.28. The molecule has 3 aliphatic rings. The van der Waals surface area contributed by atoms with E-state index in [0.29, 0.717) is 17.4 Å². The molecule has 146 valence electrons. The standard InChI is InChI=1S/C22H22N6O/c29-22(20-14-19(26-27-20)18-5-1-2-11-23-18)25-16-6-8-17(9-7-16)28-13-3-4-15-10-12-24-21(15)28/h1-5,10-14,16-17H,6-9H2,(H,25,29)(H,26,27). The highest BCUT2D eigenvalue weighted by Gasteiger charge is 2.26. The van der Waals surface area contributed by atoms with Gasteiger partial charge in [-0.15, -0.1) is 0 Å². The molecule has 1 aliphatic carbocycles. The molecule has 0 saturated heterocycles. The molecule has 2 aliphatic heterocycles. The number of hydrogen-bond acceptors (Lipinski definition) is 4. The van der Waals surface area contributed by atoms with Gasteiger partial charge < -0.3 is 9.88 Å². The van der Waals surface area contributed by atoms with Gasteiger partial charge in [-0.25, -0.2) is 4.98 Å². The lowest BCUT2D eigenvalue weighted by Gasteiger charge is -2.31. The van der Waals surface area contributed by atoms with Gasteiger partial charge in [0.1, 0.15) is 17.2 Å². The van der Waals surface area contributed by atoms with E-state index in [2.05, 4.69) is 48.4 Å². The van der Waals surface area contributed by atoms with E-state index in [1.54, 1.807) is 12.3 Å². The van der Waals surface area contributed by atoms with Crippen molar-refractivity contribution in [2.45, 2.75) is 37.8 Å². The predicted molar refractivity (Wildman–Crippen MR) is 109 cm³/mol. The first-order chi connectivity index (χ1) is 14.3. The Balaban J connectivity index is 1.21. The third-order valence-electron chi connectivity index (χ3n) is 5.65. The van der Waals surface area contributed by atoms with Gasteiger partial charge in [-0.3, -0.25) is 14.9 Å². The van der Waals surface area contributed by atoms with E-state index in [-0.39, 0.29) is 11.9 Å². The van der Waals surface area contributed by atoms with Gasteiger partial charge in [0, 0.05) is 36.2 Å². The van der Waals surface area contributed by atoms with Crippen molar-refractivity contribution in [3.05, 3.63) is 66.7 Å². The second kappa shape index (κ2) is 7.50. The van der Waals surface area contributed by atoms with E-state index < -0.39 is 0 Å². The molecule has 2 aromatic rings. The number of carbonyl (C=O) groups excluding carboxylic acids is 1. The van der Waals surface area contributed by atoms with E-state index in [1.165, 1.54) is 5.56 Å². The summed E-state index contributed by atoms with van der Waals surface area (Å²) in [6.45, 7) is 0. The summed E-state index contributed by atoms with van der Waals surface area (Å²) in [5.41, 5.74) is 3.06. The Hall–Kier alpha value is -3.48. The van der Waals surface area contributed by atoms with Crippen molar-refractivity contribution < 1.29 is 4.79 Å². The maximum absolute atomic E-state index is 12.6. The Morgan fingerprint density at radius 1 is 1.00 bits per heavy atom. The molecular formula is C22H22N6O. The fraction of sp³-hybridized carbons (Fsp3) is 0.273. The summed E-state index contributed by atoms with van der Waals surface area (Å²) in [4.78, 5) is 21.4. The number of hydrogen-bond donors (Lipinski definition) is 2. The Morgan fingerprint density at radius 3 is 2.72 bits per heavy atom. The van der Waals surface area contributed by atoms with Crippen LogP contribution >= 0.6 is 0 Å². The highest BCUT2D eigenvalue weighted by atomic mass is 16.2. The fourth-order valence-electron chi connectivity index (χ4n) is 4.13. The zero-order chi connectivity index (χ0) is 19.6. The third-order valence-corrected chi connectivity index (χ3v) is 5.65. The fourth-order valence-corrected chi connectivity index (χ4v) is 4.13. The highest BCUT2D eigenvalue weighted by molar-refractivity contribution is 5.93. The monoisotopic (exact) mass is 386 g/mol. The lowest BCUT2D eigenvalue weighted by atomic mass is 9.90. The molecule has 0 bridgehead atoms. The topological polar surface area (TPSA) is 88.5 Å². The van der Waals surface area contributed by atoms with Gasteiger partial charge in [-0.2, -0.15) is 5.10 Å². The smallest absolute Gasteiger partial charge is 0.269 e. The molecule has 1 amide bonds. The molecule has 0 unspecified atom stereocenters. The summed E-state index contributed by atoms with van der Waals surface area (Å²) in [6, 6.07) is 14.2. The summed E-state index contributed by atoms with van der Waals surface area (Å²) in [5.74, 6) is 0.926. The van der Waals surface area contributed by atoms with Crippen LogP contribution in [0.4, 0.5) is 0 Å². The number of nitrogens with zero attached hydrogens (tertiary/aromatic N) is 4. The maximum atomic E-state index is 12.6.